The van der Waals surface area contributed by atoms with Crippen molar-refractivity contribution < 1.29 is 0 Å². The Kier molecular flexibility index (Phi) is 1.63. The molecule has 1 aliphatic heterocycles. The lowest BCUT2D eigenvalue weighted by atomic mass is 9.78. The van der Waals surface area contributed by atoms with Gasteiger partial charge in [0.05, 0.1) is 5.84 Å². The first-order valence-corrected chi connectivity index (χ1v) is 4.60. The summed E-state index contributed by atoms with van der Waals surface area (Å²) in [4.78, 5) is 4.24. The molecule has 0 radical (unpaired) electrons. The third kappa shape index (κ3) is 1.26. The highest BCUT2D eigenvalue weighted by Crippen LogP contribution is 2.45. The molecule has 62 valence electrons. The topological polar surface area (TPSA) is 38.4 Å². The van der Waals surface area contributed by atoms with Crippen LogP contribution in [0.3, 0.4) is 0 Å². The number of hydrogen-bond donors (Lipinski definition) is 1. The van der Waals surface area contributed by atoms with E-state index in [2.05, 4.69) is 4.99 Å². The van der Waals surface area contributed by atoms with Crippen LogP contribution in [0.25, 0.3) is 0 Å². The van der Waals surface area contributed by atoms with Gasteiger partial charge in [-0.05, 0) is 24.7 Å². The lowest BCUT2D eigenvalue weighted by Gasteiger charge is -2.31. The summed E-state index contributed by atoms with van der Waals surface area (Å²) < 4.78 is 0. The van der Waals surface area contributed by atoms with Gasteiger partial charge in [-0.2, -0.15) is 0 Å². The van der Waals surface area contributed by atoms with E-state index in [0.717, 1.165) is 18.8 Å². The average molecular weight is 152 g/mol. The molecule has 2 N–H and O–H groups in total. The number of rotatable bonds is 0. The van der Waals surface area contributed by atoms with E-state index in [1.54, 1.807) is 0 Å². The maximum absolute atomic E-state index is 5.74. The van der Waals surface area contributed by atoms with Gasteiger partial charge in [-0.25, -0.2) is 0 Å². The number of amidine groups is 1. The minimum atomic E-state index is 0.589. The predicted molar refractivity (Wildman–Crippen MR) is 46.6 cm³/mol. The Bertz CT molecular complexity index is 178. The fourth-order valence-electron chi connectivity index (χ4n) is 2.52. The molecule has 2 heteroatoms. The summed E-state index contributed by atoms with van der Waals surface area (Å²) in [6.07, 6.45) is 7.97. The molecule has 2 nitrogen and oxygen atoms in total. The Hall–Kier alpha value is -0.530. The average Bonchev–Trinajstić information content (AvgIpc) is 2.37. The van der Waals surface area contributed by atoms with Gasteiger partial charge in [0.1, 0.15) is 0 Å². The van der Waals surface area contributed by atoms with Crippen LogP contribution in [-0.2, 0) is 0 Å². The first-order valence-electron chi connectivity index (χ1n) is 4.60. The van der Waals surface area contributed by atoms with Crippen LogP contribution in [0.2, 0.25) is 0 Å². The van der Waals surface area contributed by atoms with Crippen LogP contribution in [-0.4, -0.2) is 12.4 Å². The largest absolute Gasteiger partial charge is 0.387 e. The van der Waals surface area contributed by atoms with Gasteiger partial charge in [0.25, 0.3) is 0 Å². The second kappa shape index (κ2) is 2.50. The van der Waals surface area contributed by atoms with E-state index in [-0.39, 0.29) is 0 Å². The summed E-state index contributed by atoms with van der Waals surface area (Å²) in [5, 5.41) is 0. The molecule has 0 aromatic heterocycles. The first-order chi connectivity index (χ1) is 5.31. The first kappa shape index (κ1) is 7.14. The summed E-state index contributed by atoms with van der Waals surface area (Å²) in [6, 6.07) is 0. The number of nitrogens with zero attached hydrogens (tertiary/aromatic N) is 1. The van der Waals surface area contributed by atoms with E-state index < -0.39 is 0 Å². The molecule has 0 amide bonds. The Morgan fingerprint density at radius 3 is 2.55 bits per heavy atom. The molecule has 2 aliphatic rings. The molecule has 2 rings (SSSR count). The highest BCUT2D eigenvalue weighted by molar-refractivity contribution is 5.81. The summed E-state index contributed by atoms with van der Waals surface area (Å²) in [6.45, 7) is 0.978. The maximum Gasteiger partial charge on any atom is 0.0942 e. The van der Waals surface area contributed by atoms with Crippen molar-refractivity contribution in [3.63, 3.8) is 0 Å². The van der Waals surface area contributed by atoms with Crippen LogP contribution >= 0.6 is 0 Å². The zero-order chi connectivity index (χ0) is 7.73. The standard InChI is InChI=1S/C9H16N2/c10-8-7-9(5-6-11-8)3-1-2-4-9/h1-7H2,(H2,10,11). The predicted octanol–water partition coefficient (Wildman–Crippen LogP) is 1.70. The van der Waals surface area contributed by atoms with Crippen molar-refractivity contribution in [2.24, 2.45) is 16.1 Å². The van der Waals surface area contributed by atoms with Gasteiger partial charge in [0.2, 0.25) is 0 Å². The molecule has 1 saturated carbocycles. The molecule has 0 unspecified atom stereocenters. The molecule has 1 fully saturated rings. The van der Waals surface area contributed by atoms with Crippen molar-refractivity contribution in [2.75, 3.05) is 6.54 Å². The number of nitrogens with two attached hydrogens (primary N) is 1. The van der Waals surface area contributed by atoms with Crippen molar-refractivity contribution in [1.29, 1.82) is 0 Å². The molecule has 1 heterocycles. The molecule has 1 aliphatic carbocycles. The highest BCUT2D eigenvalue weighted by atomic mass is 14.9. The Morgan fingerprint density at radius 1 is 1.18 bits per heavy atom. The monoisotopic (exact) mass is 152 g/mol. The van der Waals surface area contributed by atoms with Gasteiger partial charge >= 0.3 is 0 Å². The molecular formula is C9H16N2. The van der Waals surface area contributed by atoms with Crippen LogP contribution < -0.4 is 5.73 Å². The third-order valence-corrected chi connectivity index (χ3v) is 3.18. The van der Waals surface area contributed by atoms with Gasteiger partial charge < -0.3 is 5.73 Å². The van der Waals surface area contributed by atoms with Gasteiger partial charge in [-0.15, -0.1) is 0 Å². The molecule has 0 aromatic carbocycles. The number of hydrogen-bond acceptors (Lipinski definition) is 2. The molecule has 11 heavy (non-hydrogen) atoms. The molecular weight excluding hydrogens is 136 g/mol. The number of aliphatic imine (C=N–C) groups is 1. The van der Waals surface area contributed by atoms with E-state index in [1.165, 1.54) is 32.1 Å². The molecule has 0 bridgehead atoms. The van der Waals surface area contributed by atoms with E-state index in [4.69, 9.17) is 5.73 Å². The van der Waals surface area contributed by atoms with E-state index in [0.29, 0.717) is 5.41 Å². The van der Waals surface area contributed by atoms with Crippen molar-refractivity contribution in [1.82, 2.24) is 0 Å². The quantitative estimate of drug-likeness (QED) is 0.563. The summed E-state index contributed by atoms with van der Waals surface area (Å²) in [7, 11) is 0. The van der Waals surface area contributed by atoms with E-state index in [1.807, 2.05) is 0 Å². The lowest BCUT2D eigenvalue weighted by Crippen LogP contribution is -2.30. The van der Waals surface area contributed by atoms with Gasteiger partial charge in [-0.1, -0.05) is 12.8 Å². The van der Waals surface area contributed by atoms with Gasteiger partial charge in [-0.3, -0.25) is 4.99 Å². The zero-order valence-electron chi connectivity index (χ0n) is 6.97. The van der Waals surface area contributed by atoms with Crippen molar-refractivity contribution in [3.05, 3.63) is 0 Å². The molecule has 0 atom stereocenters. The van der Waals surface area contributed by atoms with E-state index >= 15 is 0 Å². The summed E-state index contributed by atoms with van der Waals surface area (Å²) >= 11 is 0. The second-order valence-electron chi connectivity index (χ2n) is 4.01. The van der Waals surface area contributed by atoms with Crippen molar-refractivity contribution in [3.8, 4) is 0 Å². The molecule has 0 aromatic rings. The van der Waals surface area contributed by atoms with Crippen molar-refractivity contribution >= 4 is 5.84 Å². The minimum Gasteiger partial charge on any atom is -0.387 e. The fourth-order valence-corrected chi connectivity index (χ4v) is 2.52. The zero-order valence-corrected chi connectivity index (χ0v) is 6.97. The summed E-state index contributed by atoms with van der Waals surface area (Å²) in [5.41, 5.74) is 6.33. The van der Waals surface area contributed by atoms with Crippen LogP contribution in [0.4, 0.5) is 0 Å². The Balaban J connectivity index is 2.09. The van der Waals surface area contributed by atoms with Crippen LogP contribution in [0.15, 0.2) is 4.99 Å². The second-order valence-corrected chi connectivity index (χ2v) is 4.01. The van der Waals surface area contributed by atoms with E-state index in [9.17, 15) is 0 Å². The Morgan fingerprint density at radius 2 is 1.91 bits per heavy atom. The SMILES string of the molecule is NC1=NCCC2(CCCC2)C1. The fraction of sp³-hybridized carbons (Fsp3) is 0.889. The van der Waals surface area contributed by atoms with Gasteiger partial charge in [0.15, 0.2) is 0 Å². The summed E-state index contributed by atoms with van der Waals surface area (Å²) in [5.74, 6) is 0.901. The Labute approximate surface area is 67.9 Å². The molecule has 0 saturated heterocycles. The van der Waals surface area contributed by atoms with Crippen LogP contribution in [0, 0.1) is 5.41 Å². The van der Waals surface area contributed by atoms with Crippen molar-refractivity contribution in [2.45, 2.75) is 38.5 Å². The lowest BCUT2D eigenvalue weighted by molar-refractivity contribution is 0.278. The highest BCUT2D eigenvalue weighted by Gasteiger charge is 2.35. The smallest absolute Gasteiger partial charge is 0.0942 e. The van der Waals surface area contributed by atoms with Crippen LogP contribution in [0.1, 0.15) is 38.5 Å². The minimum absolute atomic E-state index is 0.589. The molecule has 1 spiro atoms. The normalized spacial score (nSPS) is 28.9. The third-order valence-electron chi connectivity index (χ3n) is 3.18. The maximum atomic E-state index is 5.74. The van der Waals surface area contributed by atoms with Gasteiger partial charge in [0, 0.05) is 13.0 Å². The van der Waals surface area contributed by atoms with Crippen LogP contribution in [0.5, 0.6) is 0 Å².